The average molecular weight is 329 g/mol. The molecule has 0 saturated carbocycles. The van der Waals surface area contributed by atoms with E-state index in [0.29, 0.717) is 17.0 Å². The van der Waals surface area contributed by atoms with Crippen LogP contribution in [0.1, 0.15) is 28.1 Å². The van der Waals surface area contributed by atoms with Gasteiger partial charge in [-0.2, -0.15) is 0 Å². The van der Waals surface area contributed by atoms with Crippen molar-refractivity contribution in [2.24, 2.45) is 0 Å². The van der Waals surface area contributed by atoms with Crippen LogP contribution in [0.15, 0.2) is 54.6 Å². The van der Waals surface area contributed by atoms with E-state index in [2.05, 4.69) is 29.1 Å². The van der Waals surface area contributed by atoms with E-state index >= 15 is 0 Å². The lowest BCUT2D eigenvalue weighted by molar-refractivity contribution is -0.113. The average Bonchev–Trinajstić information content (AvgIpc) is 2.60. The zero-order valence-electron chi connectivity index (χ0n) is 13.1. The second-order valence-corrected chi connectivity index (χ2v) is 6.31. The minimum absolute atomic E-state index is 0.0661. The summed E-state index contributed by atoms with van der Waals surface area (Å²) in [5, 5.41) is 3.07. The minimum atomic E-state index is -0.393. The molecule has 4 nitrogen and oxygen atoms in total. The summed E-state index contributed by atoms with van der Waals surface area (Å²) in [6, 6.07) is 16.7. The van der Waals surface area contributed by atoms with Crippen molar-refractivity contribution in [3.8, 4) is 0 Å². The van der Waals surface area contributed by atoms with Crippen molar-refractivity contribution in [1.29, 1.82) is 0 Å². The molecule has 1 N–H and O–H groups in total. The van der Waals surface area contributed by atoms with Crippen LogP contribution in [0.2, 0.25) is 0 Å². The molecule has 0 fully saturated rings. The van der Waals surface area contributed by atoms with Gasteiger partial charge in [0.1, 0.15) is 0 Å². The van der Waals surface area contributed by atoms with Gasteiger partial charge < -0.3 is 10.1 Å². The Morgan fingerprint density at radius 2 is 1.74 bits per heavy atom. The third kappa shape index (κ3) is 5.14. The van der Waals surface area contributed by atoms with Crippen LogP contribution in [0.25, 0.3) is 0 Å². The topological polar surface area (TPSA) is 55.4 Å². The first-order chi connectivity index (χ1) is 11.1. The maximum absolute atomic E-state index is 12.0. The van der Waals surface area contributed by atoms with Gasteiger partial charge in [-0.3, -0.25) is 4.79 Å². The molecule has 0 heterocycles. The Morgan fingerprint density at radius 1 is 1.09 bits per heavy atom. The lowest BCUT2D eigenvalue weighted by Crippen LogP contribution is -2.14. The molecule has 0 radical (unpaired) electrons. The zero-order chi connectivity index (χ0) is 16.7. The van der Waals surface area contributed by atoms with Crippen molar-refractivity contribution in [3.63, 3.8) is 0 Å². The number of hydrogen-bond acceptors (Lipinski definition) is 4. The SMILES string of the molecule is COC(=O)c1ccc(NC(=O)CS[C@H](C)c2ccccc2)cc1. The van der Waals surface area contributed by atoms with Crippen LogP contribution in [0, 0.1) is 0 Å². The molecular formula is C18H19NO3S. The first kappa shape index (κ1) is 17.1. The molecule has 0 aliphatic heterocycles. The van der Waals surface area contributed by atoms with Crippen LogP contribution in [0.5, 0.6) is 0 Å². The summed E-state index contributed by atoms with van der Waals surface area (Å²) in [6.07, 6.45) is 0. The van der Waals surface area contributed by atoms with Gasteiger partial charge in [-0.25, -0.2) is 4.79 Å². The van der Waals surface area contributed by atoms with Crippen LogP contribution in [-0.4, -0.2) is 24.7 Å². The second-order valence-electron chi connectivity index (χ2n) is 4.98. The lowest BCUT2D eigenvalue weighted by atomic mass is 10.2. The minimum Gasteiger partial charge on any atom is -0.465 e. The van der Waals surface area contributed by atoms with Gasteiger partial charge in [0, 0.05) is 10.9 Å². The molecule has 2 rings (SSSR count). The van der Waals surface area contributed by atoms with Gasteiger partial charge in [0.2, 0.25) is 5.91 Å². The highest BCUT2D eigenvalue weighted by Crippen LogP contribution is 2.27. The molecular weight excluding hydrogens is 310 g/mol. The summed E-state index contributed by atoms with van der Waals surface area (Å²) in [7, 11) is 1.34. The Balaban J connectivity index is 1.84. The number of carbonyl (C=O) groups is 2. The van der Waals surface area contributed by atoms with E-state index < -0.39 is 5.97 Å². The Kier molecular flexibility index (Phi) is 6.23. The quantitative estimate of drug-likeness (QED) is 0.817. The number of methoxy groups -OCH3 is 1. The summed E-state index contributed by atoms with van der Waals surface area (Å²) < 4.78 is 4.63. The monoisotopic (exact) mass is 329 g/mol. The number of rotatable bonds is 6. The van der Waals surface area contributed by atoms with Crippen LogP contribution in [0.4, 0.5) is 5.69 Å². The number of benzene rings is 2. The van der Waals surface area contributed by atoms with Crippen molar-refractivity contribution < 1.29 is 14.3 Å². The number of nitrogens with one attached hydrogen (secondary N) is 1. The molecule has 23 heavy (non-hydrogen) atoms. The van der Waals surface area contributed by atoms with E-state index in [9.17, 15) is 9.59 Å². The molecule has 0 spiro atoms. The molecule has 0 saturated heterocycles. The van der Waals surface area contributed by atoms with Crippen LogP contribution >= 0.6 is 11.8 Å². The summed E-state index contributed by atoms with van der Waals surface area (Å²) >= 11 is 1.58. The number of anilines is 1. The Hall–Kier alpha value is -2.27. The normalized spacial score (nSPS) is 11.6. The molecule has 2 aromatic rings. The van der Waals surface area contributed by atoms with E-state index in [0.717, 1.165) is 0 Å². The van der Waals surface area contributed by atoms with Crippen molar-refractivity contribution >= 4 is 29.3 Å². The zero-order valence-corrected chi connectivity index (χ0v) is 13.9. The number of hydrogen-bond donors (Lipinski definition) is 1. The maximum atomic E-state index is 12.0. The highest BCUT2D eigenvalue weighted by Gasteiger charge is 2.10. The van der Waals surface area contributed by atoms with Crippen molar-refractivity contribution in [2.45, 2.75) is 12.2 Å². The number of esters is 1. The van der Waals surface area contributed by atoms with E-state index in [1.54, 1.807) is 36.0 Å². The Morgan fingerprint density at radius 3 is 2.35 bits per heavy atom. The van der Waals surface area contributed by atoms with Crippen LogP contribution in [-0.2, 0) is 9.53 Å². The standard InChI is InChI=1S/C18H19NO3S/c1-13(14-6-4-3-5-7-14)23-12-17(20)19-16-10-8-15(9-11-16)18(21)22-2/h3-11,13H,12H2,1-2H3,(H,19,20)/t13-/m1/s1. The van der Waals surface area contributed by atoms with E-state index in [1.807, 2.05) is 18.2 Å². The van der Waals surface area contributed by atoms with E-state index in [-0.39, 0.29) is 11.2 Å². The predicted octanol–water partition coefficient (Wildman–Crippen LogP) is 3.91. The molecule has 0 bridgehead atoms. The Labute approximate surface area is 140 Å². The molecule has 0 aliphatic rings. The number of carbonyl (C=O) groups excluding carboxylic acids is 2. The lowest BCUT2D eigenvalue weighted by Gasteiger charge is -2.11. The fraction of sp³-hybridized carbons (Fsp3) is 0.222. The number of ether oxygens (including phenoxy) is 1. The first-order valence-electron chi connectivity index (χ1n) is 7.25. The number of thioether (sulfide) groups is 1. The molecule has 1 atom stereocenters. The number of amides is 1. The third-order valence-corrected chi connectivity index (χ3v) is 4.52. The largest absolute Gasteiger partial charge is 0.465 e. The van der Waals surface area contributed by atoms with Crippen molar-refractivity contribution in [2.75, 3.05) is 18.2 Å². The molecule has 5 heteroatoms. The summed E-state index contributed by atoms with van der Waals surface area (Å²) in [6.45, 7) is 2.08. The molecule has 2 aromatic carbocycles. The van der Waals surface area contributed by atoms with Gasteiger partial charge in [-0.1, -0.05) is 30.3 Å². The summed E-state index contributed by atoms with van der Waals surface area (Å²) in [5.41, 5.74) is 2.32. The fourth-order valence-electron chi connectivity index (χ4n) is 2.03. The molecule has 120 valence electrons. The maximum Gasteiger partial charge on any atom is 0.337 e. The van der Waals surface area contributed by atoms with Gasteiger partial charge in [-0.15, -0.1) is 11.8 Å². The predicted molar refractivity (Wildman–Crippen MR) is 93.7 cm³/mol. The summed E-state index contributed by atoms with van der Waals surface area (Å²) in [5.74, 6) is -0.0897. The third-order valence-electron chi connectivity index (χ3n) is 3.32. The van der Waals surface area contributed by atoms with Crippen molar-refractivity contribution in [1.82, 2.24) is 0 Å². The fourth-order valence-corrected chi connectivity index (χ4v) is 2.85. The second kappa shape index (κ2) is 8.39. The highest BCUT2D eigenvalue weighted by atomic mass is 32.2. The van der Waals surface area contributed by atoms with Gasteiger partial charge in [0.25, 0.3) is 0 Å². The first-order valence-corrected chi connectivity index (χ1v) is 8.30. The Bertz CT molecular complexity index is 656. The molecule has 0 aromatic heterocycles. The smallest absolute Gasteiger partial charge is 0.337 e. The van der Waals surface area contributed by atoms with Gasteiger partial charge in [0.05, 0.1) is 18.4 Å². The highest BCUT2D eigenvalue weighted by molar-refractivity contribution is 8.00. The van der Waals surface area contributed by atoms with Gasteiger partial charge in [0.15, 0.2) is 0 Å². The van der Waals surface area contributed by atoms with Crippen molar-refractivity contribution in [3.05, 3.63) is 65.7 Å². The van der Waals surface area contributed by atoms with Crippen LogP contribution in [0.3, 0.4) is 0 Å². The van der Waals surface area contributed by atoms with Gasteiger partial charge >= 0.3 is 5.97 Å². The summed E-state index contributed by atoms with van der Waals surface area (Å²) in [4.78, 5) is 23.3. The van der Waals surface area contributed by atoms with E-state index in [1.165, 1.54) is 12.7 Å². The molecule has 0 unspecified atom stereocenters. The molecule has 0 aliphatic carbocycles. The van der Waals surface area contributed by atoms with E-state index in [4.69, 9.17) is 0 Å². The van der Waals surface area contributed by atoms with Gasteiger partial charge in [-0.05, 0) is 36.8 Å². The molecule has 1 amide bonds. The van der Waals surface area contributed by atoms with Crippen LogP contribution < -0.4 is 5.32 Å².